The third-order valence-electron chi connectivity index (χ3n) is 2.67. The van der Waals surface area contributed by atoms with Crippen LogP contribution in [0.4, 0.5) is 0 Å². The average Bonchev–Trinajstić information content (AvgIpc) is 2.51. The fraction of sp³-hybridized carbons (Fsp3) is 0.333. The molecule has 0 radical (unpaired) electrons. The second-order valence-electron chi connectivity index (χ2n) is 4.68. The third kappa shape index (κ3) is 6.60. The Bertz CT molecular complexity index is 576. The van der Waals surface area contributed by atoms with E-state index in [0.717, 1.165) is 0 Å². The lowest BCUT2D eigenvalue weighted by Crippen LogP contribution is -2.23. The summed E-state index contributed by atoms with van der Waals surface area (Å²) in [5.41, 5.74) is 0.890. The normalized spacial score (nSPS) is 16.5. The first kappa shape index (κ1) is 18.1. The molecule has 8 heteroatoms. The lowest BCUT2D eigenvalue weighted by Gasteiger charge is -2.15. The molecule has 2 heterocycles. The molecule has 2 bridgehead atoms. The second kappa shape index (κ2) is 8.52. The van der Waals surface area contributed by atoms with Crippen LogP contribution in [0, 0.1) is 0 Å². The summed E-state index contributed by atoms with van der Waals surface area (Å²) in [6, 6.07) is 6.21. The van der Waals surface area contributed by atoms with Crippen molar-refractivity contribution in [2.45, 2.75) is 25.9 Å². The molecule has 1 unspecified atom stereocenters. The molecule has 0 amide bonds. The van der Waals surface area contributed by atoms with Gasteiger partial charge < -0.3 is 19.7 Å². The minimum atomic E-state index is -1.08. The zero-order valence-corrected chi connectivity index (χ0v) is 12.4. The number of carboxylic acid groups (broad SMARTS) is 2. The summed E-state index contributed by atoms with van der Waals surface area (Å²) < 4.78 is 9.98. The van der Waals surface area contributed by atoms with Crippen molar-refractivity contribution in [1.82, 2.24) is 0 Å². The molecule has 2 aliphatic heterocycles. The number of esters is 2. The molecular weight excluding hydrogens is 308 g/mol. The minimum absolute atomic E-state index is 0.0863. The quantitative estimate of drug-likeness (QED) is 0.797. The van der Waals surface area contributed by atoms with Crippen molar-refractivity contribution in [3.63, 3.8) is 0 Å². The van der Waals surface area contributed by atoms with Crippen molar-refractivity contribution in [2.75, 3.05) is 6.61 Å². The lowest BCUT2D eigenvalue weighted by molar-refractivity contribution is -0.143. The SMILES string of the molecule is CC1COC(=O)c2ccc(cc2)C(=O)O1.O=C(O)CCC(=O)O. The largest absolute Gasteiger partial charge is 0.481 e. The van der Waals surface area contributed by atoms with Gasteiger partial charge in [0.1, 0.15) is 12.7 Å². The summed E-state index contributed by atoms with van der Waals surface area (Å²) in [6.07, 6.45) is -1.01. The highest BCUT2D eigenvalue weighted by molar-refractivity contribution is 5.93. The number of carboxylic acids is 2. The van der Waals surface area contributed by atoms with Crippen LogP contribution in [0.3, 0.4) is 0 Å². The molecule has 0 spiro atoms. The Morgan fingerprint density at radius 1 is 1.00 bits per heavy atom. The fourth-order valence-electron chi connectivity index (χ4n) is 1.52. The van der Waals surface area contributed by atoms with Gasteiger partial charge in [-0.3, -0.25) is 9.59 Å². The first-order valence-electron chi connectivity index (χ1n) is 6.71. The standard InChI is InChI=1S/C11H10O4.C4H6O4/c1-7-6-14-10(12)8-2-4-9(5-3-8)11(13)15-7;5-3(6)1-2-4(7)8/h2-5,7H,6H2,1H3;1-2H2,(H,5,6)(H,7,8). The van der Waals surface area contributed by atoms with E-state index >= 15 is 0 Å². The summed E-state index contributed by atoms with van der Waals surface area (Å²) in [5.74, 6) is -2.95. The molecule has 0 saturated carbocycles. The van der Waals surface area contributed by atoms with E-state index in [4.69, 9.17) is 19.7 Å². The monoisotopic (exact) mass is 324 g/mol. The van der Waals surface area contributed by atoms with Gasteiger partial charge in [0.25, 0.3) is 0 Å². The maximum Gasteiger partial charge on any atom is 0.338 e. The Morgan fingerprint density at radius 3 is 1.87 bits per heavy atom. The van der Waals surface area contributed by atoms with Crippen molar-refractivity contribution in [1.29, 1.82) is 0 Å². The molecule has 124 valence electrons. The van der Waals surface area contributed by atoms with Crippen molar-refractivity contribution < 1.29 is 38.9 Å². The topological polar surface area (TPSA) is 127 Å². The van der Waals surface area contributed by atoms with E-state index in [9.17, 15) is 19.2 Å². The lowest BCUT2D eigenvalue weighted by atomic mass is 10.1. The number of rotatable bonds is 3. The van der Waals surface area contributed by atoms with E-state index in [1.165, 1.54) is 0 Å². The fourth-order valence-corrected chi connectivity index (χ4v) is 1.52. The highest BCUT2D eigenvalue weighted by Crippen LogP contribution is 2.11. The van der Waals surface area contributed by atoms with Gasteiger partial charge in [-0.05, 0) is 31.2 Å². The minimum Gasteiger partial charge on any atom is -0.481 e. The van der Waals surface area contributed by atoms with Crippen LogP contribution in [-0.2, 0) is 19.1 Å². The van der Waals surface area contributed by atoms with Crippen LogP contribution in [0.15, 0.2) is 24.3 Å². The highest BCUT2D eigenvalue weighted by atomic mass is 16.6. The van der Waals surface area contributed by atoms with Crippen molar-refractivity contribution in [3.05, 3.63) is 35.4 Å². The number of carbonyl (C=O) groups is 4. The second-order valence-corrected chi connectivity index (χ2v) is 4.68. The predicted octanol–water partition coefficient (Wildman–Crippen LogP) is 1.34. The number of hydrogen-bond donors (Lipinski definition) is 2. The van der Waals surface area contributed by atoms with Crippen LogP contribution in [-0.4, -0.2) is 46.8 Å². The number of hydrogen-bond acceptors (Lipinski definition) is 6. The Hall–Kier alpha value is -2.90. The molecule has 1 aromatic carbocycles. The molecule has 0 aromatic heterocycles. The van der Waals surface area contributed by atoms with Crippen molar-refractivity contribution >= 4 is 23.9 Å². The number of benzene rings is 1. The van der Waals surface area contributed by atoms with Crippen molar-refractivity contribution in [3.8, 4) is 0 Å². The maximum absolute atomic E-state index is 11.5. The number of ether oxygens (including phenoxy) is 2. The molecule has 2 N–H and O–H groups in total. The predicted molar refractivity (Wildman–Crippen MR) is 76.1 cm³/mol. The van der Waals surface area contributed by atoms with Gasteiger partial charge in [-0.15, -0.1) is 0 Å². The molecule has 8 nitrogen and oxygen atoms in total. The van der Waals surface area contributed by atoms with E-state index in [0.29, 0.717) is 11.1 Å². The van der Waals surface area contributed by atoms with Crippen LogP contribution in [0.2, 0.25) is 0 Å². The summed E-state index contributed by atoms with van der Waals surface area (Å²) in [6.45, 7) is 1.77. The van der Waals surface area contributed by atoms with Gasteiger partial charge >= 0.3 is 23.9 Å². The molecule has 0 fully saturated rings. The van der Waals surface area contributed by atoms with Gasteiger partial charge in [0, 0.05) is 0 Å². The van der Waals surface area contributed by atoms with Crippen LogP contribution >= 0.6 is 0 Å². The summed E-state index contributed by atoms with van der Waals surface area (Å²) in [5, 5.41) is 15.8. The average molecular weight is 324 g/mol. The number of aliphatic carboxylic acids is 2. The molecule has 1 aromatic rings. The summed E-state index contributed by atoms with van der Waals surface area (Å²) in [7, 11) is 0. The molecule has 0 saturated heterocycles. The molecule has 1 atom stereocenters. The zero-order valence-electron chi connectivity index (χ0n) is 12.4. The van der Waals surface area contributed by atoms with Gasteiger partial charge in [0.05, 0.1) is 24.0 Å². The van der Waals surface area contributed by atoms with Gasteiger partial charge in [-0.1, -0.05) is 0 Å². The molecule has 3 rings (SSSR count). The molecule has 0 aliphatic carbocycles. The third-order valence-corrected chi connectivity index (χ3v) is 2.67. The molecule has 23 heavy (non-hydrogen) atoms. The van der Waals surface area contributed by atoms with Crippen LogP contribution in [0.5, 0.6) is 0 Å². The molecular formula is C15H16O8. The Kier molecular flexibility index (Phi) is 6.72. The van der Waals surface area contributed by atoms with E-state index < -0.39 is 30.0 Å². The smallest absolute Gasteiger partial charge is 0.338 e. The van der Waals surface area contributed by atoms with Crippen LogP contribution in [0.1, 0.15) is 40.5 Å². The highest BCUT2D eigenvalue weighted by Gasteiger charge is 2.17. The van der Waals surface area contributed by atoms with Crippen LogP contribution in [0.25, 0.3) is 0 Å². The van der Waals surface area contributed by atoms with E-state index in [2.05, 4.69) is 0 Å². The van der Waals surface area contributed by atoms with Gasteiger partial charge in [-0.2, -0.15) is 0 Å². The zero-order chi connectivity index (χ0) is 17.4. The Balaban J connectivity index is 0.000000284. The first-order valence-corrected chi connectivity index (χ1v) is 6.71. The van der Waals surface area contributed by atoms with Gasteiger partial charge in [0.2, 0.25) is 0 Å². The van der Waals surface area contributed by atoms with Gasteiger partial charge in [0.15, 0.2) is 0 Å². The first-order chi connectivity index (χ1) is 10.8. The Morgan fingerprint density at radius 2 is 1.43 bits per heavy atom. The molecule has 2 aliphatic rings. The van der Waals surface area contributed by atoms with Crippen LogP contribution < -0.4 is 0 Å². The van der Waals surface area contributed by atoms with E-state index in [-0.39, 0.29) is 19.4 Å². The maximum atomic E-state index is 11.5. The Labute approximate surface area is 131 Å². The van der Waals surface area contributed by atoms with E-state index in [1.54, 1.807) is 31.2 Å². The van der Waals surface area contributed by atoms with E-state index in [1.807, 2.05) is 0 Å². The summed E-state index contributed by atoms with van der Waals surface area (Å²) >= 11 is 0. The number of fused-ring (bicyclic) bond motifs is 7. The van der Waals surface area contributed by atoms with Gasteiger partial charge in [-0.25, -0.2) is 9.59 Å². The number of carbonyl (C=O) groups excluding carboxylic acids is 2. The van der Waals surface area contributed by atoms with Crippen molar-refractivity contribution in [2.24, 2.45) is 0 Å². The summed E-state index contributed by atoms with van der Waals surface area (Å²) in [4.78, 5) is 42.2.